The van der Waals surface area contributed by atoms with Crippen LogP contribution in [0.3, 0.4) is 0 Å². The molecule has 1 rings (SSSR count). The molecule has 0 radical (unpaired) electrons. The first kappa shape index (κ1) is 9.23. The van der Waals surface area contributed by atoms with Crippen LogP contribution in [0.25, 0.3) is 0 Å². The van der Waals surface area contributed by atoms with Gasteiger partial charge in [-0.2, -0.15) is 0 Å². The summed E-state index contributed by atoms with van der Waals surface area (Å²) in [6.07, 6.45) is 2.31. The molecule has 1 aliphatic rings. The molecule has 0 N–H and O–H groups in total. The van der Waals surface area contributed by atoms with Crippen LogP contribution in [-0.2, 0) is 14.3 Å². The average molecular weight is 170 g/mol. The fourth-order valence-corrected chi connectivity index (χ4v) is 1.54. The number of ether oxygens (including phenoxy) is 1. The molecule has 3 atom stereocenters. The van der Waals surface area contributed by atoms with E-state index in [0.29, 0.717) is 6.42 Å². The molecule has 12 heavy (non-hydrogen) atoms. The normalized spacial score (nSPS) is 31.3. The maximum atomic E-state index is 11.1. The third-order valence-corrected chi connectivity index (χ3v) is 2.16. The van der Waals surface area contributed by atoms with Gasteiger partial charge >= 0.3 is 5.97 Å². The van der Waals surface area contributed by atoms with Crippen LogP contribution in [0.5, 0.6) is 0 Å². The van der Waals surface area contributed by atoms with E-state index in [1.54, 1.807) is 0 Å². The number of cyclic esters (lactones) is 1. The second kappa shape index (κ2) is 3.70. The van der Waals surface area contributed by atoms with Crippen molar-refractivity contribution in [2.24, 2.45) is 11.8 Å². The largest absolute Gasteiger partial charge is 0.462 e. The van der Waals surface area contributed by atoms with E-state index in [4.69, 9.17) is 4.74 Å². The minimum Gasteiger partial charge on any atom is -0.462 e. The first-order chi connectivity index (χ1) is 5.63. The predicted molar refractivity (Wildman–Crippen MR) is 43.5 cm³/mol. The van der Waals surface area contributed by atoms with Gasteiger partial charge in [-0.1, -0.05) is 6.92 Å². The highest BCUT2D eigenvalue weighted by atomic mass is 16.5. The van der Waals surface area contributed by atoms with Gasteiger partial charge in [-0.15, -0.1) is 0 Å². The second-order valence-corrected chi connectivity index (χ2v) is 3.53. The van der Waals surface area contributed by atoms with Crippen LogP contribution in [0, 0.1) is 11.8 Å². The number of carbonyl (C=O) groups excluding carboxylic acids is 2. The lowest BCUT2D eigenvalue weighted by atomic mass is 9.94. The van der Waals surface area contributed by atoms with Gasteiger partial charge in [0, 0.05) is 5.92 Å². The summed E-state index contributed by atoms with van der Waals surface area (Å²) in [5.74, 6) is -0.232. The molecule has 0 aromatic rings. The van der Waals surface area contributed by atoms with Crippen LogP contribution < -0.4 is 0 Å². The fourth-order valence-electron chi connectivity index (χ4n) is 1.54. The van der Waals surface area contributed by atoms with Crippen LogP contribution in [0.4, 0.5) is 0 Å². The predicted octanol–water partition coefficient (Wildman–Crippen LogP) is 1.16. The van der Waals surface area contributed by atoms with E-state index >= 15 is 0 Å². The fraction of sp³-hybridized carbons (Fsp3) is 0.778. The summed E-state index contributed by atoms with van der Waals surface area (Å²) in [7, 11) is 0. The van der Waals surface area contributed by atoms with Crippen molar-refractivity contribution in [3.8, 4) is 0 Å². The van der Waals surface area contributed by atoms with E-state index in [9.17, 15) is 9.59 Å². The van der Waals surface area contributed by atoms with Gasteiger partial charge in [-0.3, -0.25) is 4.79 Å². The molecule has 1 fully saturated rings. The summed E-state index contributed by atoms with van der Waals surface area (Å²) in [5.41, 5.74) is 0. The maximum Gasteiger partial charge on any atom is 0.309 e. The van der Waals surface area contributed by atoms with Gasteiger partial charge in [0.05, 0.1) is 12.0 Å². The number of carbonyl (C=O) groups is 2. The van der Waals surface area contributed by atoms with Crippen LogP contribution in [0.2, 0.25) is 0 Å². The zero-order valence-electron chi connectivity index (χ0n) is 7.45. The molecule has 1 saturated heterocycles. The zero-order valence-corrected chi connectivity index (χ0v) is 7.45. The Balaban J connectivity index is 2.42. The molecule has 0 amide bonds. The van der Waals surface area contributed by atoms with Crippen molar-refractivity contribution >= 4 is 12.3 Å². The lowest BCUT2D eigenvalue weighted by Crippen LogP contribution is -2.12. The van der Waals surface area contributed by atoms with Gasteiger partial charge in [-0.25, -0.2) is 0 Å². The van der Waals surface area contributed by atoms with Crippen LogP contribution in [0.15, 0.2) is 0 Å². The summed E-state index contributed by atoms with van der Waals surface area (Å²) < 4.78 is 4.96. The number of hydrogen-bond acceptors (Lipinski definition) is 3. The summed E-state index contributed by atoms with van der Waals surface area (Å²) in [5, 5.41) is 0. The highest BCUT2D eigenvalue weighted by molar-refractivity contribution is 5.75. The first-order valence-corrected chi connectivity index (χ1v) is 4.29. The van der Waals surface area contributed by atoms with Crippen molar-refractivity contribution < 1.29 is 14.3 Å². The van der Waals surface area contributed by atoms with Crippen LogP contribution in [-0.4, -0.2) is 18.4 Å². The Labute approximate surface area is 72.1 Å². The SMILES string of the molecule is CC(C=O)CC1CC(C)OC1=O. The van der Waals surface area contributed by atoms with Crippen molar-refractivity contribution in [3.63, 3.8) is 0 Å². The number of hydrogen-bond donors (Lipinski definition) is 0. The standard InChI is InChI=1S/C9H14O3/c1-6(5-10)3-8-4-7(2)12-9(8)11/h5-8H,3-4H2,1-2H3. The second-order valence-electron chi connectivity index (χ2n) is 3.53. The van der Waals surface area contributed by atoms with E-state index in [-0.39, 0.29) is 23.9 Å². The van der Waals surface area contributed by atoms with Gasteiger partial charge in [0.25, 0.3) is 0 Å². The average Bonchev–Trinajstić information content (AvgIpc) is 2.30. The van der Waals surface area contributed by atoms with Gasteiger partial charge in [0.15, 0.2) is 0 Å². The smallest absolute Gasteiger partial charge is 0.309 e. The van der Waals surface area contributed by atoms with Crippen LogP contribution in [0.1, 0.15) is 26.7 Å². The molecule has 0 aromatic heterocycles. The monoisotopic (exact) mass is 170 g/mol. The Morgan fingerprint density at radius 2 is 2.42 bits per heavy atom. The zero-order chi connectivity index (χ0) is 9.14. The van der Waals surface area contributed by atoms with E-state index in [1.807, 2.05) is 13.8 Å². The van der Waals surface area contributed by atoms with Crippen molar-refractivity contribution in [3.05, 3.63) is 0 Å². The Hall–Kier alpha value is -0.860. The summed E-state index contributed by atoms with van der Waals surface area (Å²) >= 11 is 0. The molecule has 3 unspecified atom stereocenters. The molecule has 0 bridgehead atoms. The molecular formula is C9H14O3. The highest BCUT2D eigenvalue weighted by Crippen LogP contribution is 2.25. The van der Waals surface area contributed by atoms with Crippen molar-refractivity contribution in [2.45, 2.75) is 32.8 Å². The number of esters is 1. The molecule has 3 nitrogen and oxygen atoms in total. The van der Waals surface area contributed by atoms with Gasteiger partial charge in [-0.05, 0) is 19.8 Å². The number of aldehydes is 1. The molecule has 0 spiro atoms. The van der Waals surface area contributed by atoms with Crippen molar-refractivity contribution in [2.75, 3.05) is 0 Å². The van der Waals surface area contributed by atoms with E-state index in [0.717, 1.165) is 12.7 Å². The molecule has 0 aliphatic carbocycles. The Morgan fingerprint density at radius 3 is 2.83 bits per heavy atom. The molecule has 3 heteroatoms. The summed E-state index contributed by atoms with van der Waals surface area (Å²) in [4.78, 5) is 21.4. The van der Waals surface area contributed by atoms with Crippen LogP contribution >= 0.6 is 0 Å². The van der Waals surface area contributed by atoms with E-state index < -0.39 is 0 Å². The summed E-state index contributed by atoms with van der Waals surface area (Å²) in [6, 6.07) is 0. The lowest BCUT2D eigenvalue weighted by molar-refractivity contribution is -0.144. The molecule has 1 aliphatic heterocycles. The summed E-state index contributed by atoms with van der Waals surface area (Å²) in [6.45, 7) is 3.70. The molecule has 1 heterocycles. The first-order valence-electron chi connectivity index (χ1n) is 4.29. The minimum absolute atomic E-state index is 0.0290. The minimum atomic E-state index is -0.142. The Kier molecular flexibility index (Phi) is 2.84. The lowest BCUT2D eigenvalue weighted by Gasteiger charge is -2.06. The molecule has 0 aromatic carbocycles. The topological polar surface area (TPSA) is 43.4 Å². The highest BCUT2D eigenvalue weighted by Gasteiger charge is 2.32. The van der Waals surface area contributed by atoms with E-state index in [1.165, 1.54) is 0 Å². The quantitative estimate of drug-likeness (QED) is 0.471. The van der Waals surface area contributed by atoms with Crippen molar-refractivity contribution in [1.82, 2.24) is 0 Å². The Morgan fingerprint density at radius 1 is 1.75 bits per heavy atom. The van der Waals surface area contributed by atoms with Gasteiger partial charge < -0.3 is 9.53 Å². The van der Waals surface area contributed by atoms with E-state index in [2.05, 4.69) is 0 Å². The van der Waals surface area contributed by atoms with Gasteiger partial charge in [0.1, 0.15) is 6.29 Å². The third kappa shape index (κ3) is 2.06. The third-order valence-electron chi connectivity index (χ3n) is 2.16. The number of rotatable bonds is 3. The van der Waals surface area contributed by atoms with Crippen molar-refractivity contribution in [1.29, 1.82) is 0 Å². The molecule has 0 saturated carbocycles. The maximum absolute atomic E-state index is 11.1. The molecule has 68 valence electrons. The van der Waals surface area contributed by atoms with Gasteiger partial charge in [0.2, 0.25) is 0 Å². The molecular weight excluding hydrogens is 156 g/mol. The Bertz CT molecular complexity index is 188.